The summed E-state index contributed by atoms with van der Waals surface area (Å²) in [5.74, 6) is 0.0192. The zero-order valence-electron chi connectivity index (χ0n) is 13.9. The molecule has 0 saturated heterocycles. The van der Waals surface area contributed by atoms with Crippen molar-refractivity contribution in [2.75, 3.05) is 6.26 Å². The molecule has 11 heteroatoms. The van der Waals surface area contributed by atoms with Crippen LogP contribution in [-0.4, -0.2) is 47.7 Å². The average Bonchev–Trinajstić information content (AvgIpc) is 2.98. The van der Waals surface area contributed by atoms with Crippen molar-refractivity contribution in [2.45, 2.75) is 40.5 Å². The van der Waals surface area contributed by atoms with Gasteiger partial charge >= 0.3 is 0 Å². The van der Waals surface area contributed by atoms with Crippen LogP contribution in [0.25, 0.3) is 10.2 Å². The summed E-state index contributed by atoms with van der Waals surface area (Å²) in [4.78, 5) is 4.13. The van der Waals surface area contributed by atoms with E-state index in [-0.39, 0.29) is 16.7 Å². The van der Waals surface area contributed by atoms with E-state index in [2.05, 4.69) is 4.98 Å². The molecule has 2 aromatic rings. The Balaban J connectivity index is 1.82. The molecule has 4 unspecified atom stereocenters. The Kier molecular flexibility index (Phi) is 5.95. The molecule has 1 heterocycles. The standard InChI is InChI=1S/C15H19NO6S4/c1-26(21,22)15-16-13-3-2-9(7-14(13)23-15)4-10-5-11(24(17)18)8-12(6-10)25(19)20/h2-3,7,10-12H,4-6,8H2,1H3,(H,17,18)(H,19,20). The van der Waals surface area contributed by atoms with E-state index in [1.807, 2.05) is 12.1 Å². The molecular formula is C15H19NO6S4. The summed E-state index contributed by atoms with van der Waals surface area (Å²) < 4.78 is 65.9. The van der Waals surface area contributed by atoms with Gasteiger partial charge in [-0.05, 0) is 49.3 Å². The van der Waals surface area contributed by atoms with Gasteiger partial charge in [0.05, 0.1) is 20.7 Å². The van der Waals surface area contributed by atoms with Crippen LogP contribution in [0.3, 0.4) is 0 Å². The van der Waals surface area contributed by atoms with Gasteiger partial charge in [0.2, 0.25) is 14.2 Å². The Morgan fingerprint density at radius 2 is 1.77 bits per heavy atom. The Labute approximate surface area is 160 Å². The minimum absolute atomic E-state index is 0.0192. The number of aromatic nitrogens is 1. The molecule has 1 saturated carbocycles. The maximum absolute atomic E-state index is 11.6. The van der Waals surface area contributed by atoms with Crippen LogP contribution in [0.15, 0.2) is 22.5 Å². The number of hydrogen-bond donors (Lipinski definition) is 2. The average molecular weight is 438 g/mol. The molecule has 1 aliphatic carbocycles. The molecule has 144 valence electrons. The summed E-state index contributed by atoms with van der Waals surface area (Å²) in [5, 5.41) is -1.00. The fourth-order valence-electron chi connectivity index (χ4n) is 3.39. The molecule has 7 nitrogen and oxygen atoms in total. The van der Waals surface area contributed by atoms with Gasteiger partial charge < -0.3 is 9.11 Å². The maximum atomic E-state index is 11.6. The summed E-state index contributed by atoms with van der Waals surface area (Å²) in [6.45, 7) is 0. The van der Waals surface area contributed by atoms with Crippen LogP contribution in [0.2, 0.25) is 0 Å². The fourth-order valence-corrected chi connectivity index (χ4v) is 7.08. The summed E-state index contributed by atoms with van der Waals surface area (Å²) in [5.41, 5.74) is 1.57. The molecule has 2 N–H and O–H groups in total. The van der Waals surface area contributed by atoms with Crippen molar-refractivity contribution < 1.29 is 25.9 Å². The van der Waals surface area contributed by atoms with Gasteiger partial charge in [-0.15, -0.1) is 11.3 Å². The zero-order chi connectivity index (χ0) is 19.1. The summed E-state index contributed by atoms with van der Waals surface area (Å²) in [7, 11) is -3.35. The highest BCUT2D eigenvalue weighted by atomic mass is 32.2. The fraction of sp³-hybridized carbons (Fsp3) is 0.533. The lowest BCUT2D eigenvalue weighted by Crippen LogP contribution is -2.35. The molecule has 0 spiro atoms. The normalized spacial score (nSPS) is 26.7. The molecule has 0 aliphatic heterocycles. The van der Waals surface area contributed by atoms with Gasteiger partial charge in [-0.2, -0.15) is 0 Å². The predicted molar refractivity (Wildman–Crippen MR) is 103 cm³/mol. The van der Waals surface area contributed by atoms with E-state index >= 15 is 0 Å². The number of rotatable bonds is 5. The Hall–Kier alpha value is -0.720. The van der Waals surface area contributed by atoms with Crippen molar-refractivity contribution in [3.8, 4) is 0 Å². The molecule has 1 aliphatic rings. The number of fused-ring (bicyclic) bond motifs is 1. The lowest BCUT2D eigenvalue weighted by molar-refractivity contribution is 0.348. The van der Waals surface area contributed by atoms with Gasteiger partial charge in [0, 0.05) is 6.26 Å². The summed E-state index contributed by atoms with van der Waals surface area (Å²) in [6, 6.07) is 5.51. The molecule has 1 fully saturated rings. The quantitative estimate of drug-likeness (QED) is 0.688. The van der Waals surface area contributed by atoms with E-state index in [1.165, 1.54) is 0 Å². The first-order valence-corrected chi connectivity index (χ1v) is 13.0. The summed E-state index contributed by atoms with van der Waals surface area (Å²) in [6.07, 6.45) is 3.04. The van der Waals surface area contributed by atoms with Gasteiger partial charge in [-0.3, -0.25) is 0 Å². The van der Waals surface area contributed by atoms with Gasteiger partial charge in [0.1, 0.15) is 0 Å². The summed E-state index contributed by atoms with van der Waals surface area (Å²) >= 11 is -2.92. The van der Waals surface area contributed by atoms with Crippen molar-refractivity contribution in [1.29, 1.82) is 0 Å². The van der Waals surface area contributed by atoms with Crippen molar-refractivity contribution >= 4 is 53.6 Å². The number of nitrogens with zero attached hydrogens (tertiary/aromatic N) is 1. The lowest BCUT2D eigenvalue weighted by Gasteiger charge is -2.31. The van der Waals surface area contributed by atoms with E-state index in [4.69, 9.17) is 0 Å². The molecular weight excluding hydrogens is 418 g/mol. The molecule has 1 aromatic heterocycles. The number of benzene rings is 1. The first-order chi connectivity index (χ1) is 12.1. The lowest BCUT2D eigenvalue weighted by atomic mass is 9.84. The van der Waals surface area contributed by atoms with Crippen molar-refractivity contribution in [1.82, 2.24) is 4.98 Å². The molecule has 1 aromatic carbocycles. The third kappa shape index (κ3) is 4.57. The molecule has 3 rings (SSSR count). The van der Waals surface area contributed by atoms with E-state index in [0.717, 1.165) is 27.9 Å². The Bertz CT molecular complexity index is 948. The third-order valence-electron chi connectivity index (χ3n) is 4.56. The van der Waals surface area contributed by atoms with E-state index in [0.29, 0.717) is 24.8 Å². The van der Waals surface area contributed by atoms with Crippen LogP contribution in [0.1, 0.15) is 24.8 Å². The minimum Gasteiger partial charge on any atom is -0.306 e. The predicted octanol–water partition coefficient (Wildman–Crippen LogP) is 2.22. The molecule has 0 amide bonds. The second-order valence-electron chi connectivity index (χ2n) is 6.63. The largest absolute Gasteiger partial charge is 0.306 e. The van der Waals surface area contributed by atoms with E-state index < -0.39 is 42.5 Å². The van der Waals surface area contributed by atoms with Gasteiger partial charge in [-0.25, -0.2) is 21.8 Å². The van der Waals surface area contributed by atoms with Crippen molar-refractivity contribution in [3.63, 3.8) is 0 Å². The SMILES string of the molecule is CS(=O)(=O)c1nc2ccc(CC3CC(S(=O)O)CC(S(=O)O)C3)cc2s1. The first-order valence-electron chi connectivity index (χ1n) is 7.92. The van der Waals surface area contributed by atoms with Gasteiger partial charge in [0.25, 0.3) is 0 Å². The molecule has 0 bridgehead atoms. The highest BCUT2D eigenvalue weighted by Crippen LogP contribution is 2.33. The molecule has 26 heavy (non-hydrogen) atoms. The monoisotopic (exact) mass is 437 g/mol. The molecule has 4 atom stereocenters. The zero-order valence-corrected chi connectivity index (χ0v) is 17.2. The second-order valence-corrected chi connectivity index (χ2v) is 12.3. The molecule has 0 radical (unpaired) electrons. The highest BCUT2D eigenvalue weighted by molar-refractivity contribution is 7.92. The van der Waals surface area contributed by atoms with Gasteiger partial charge in [0.15, 0.2) is 22.2 Å². The highest BCUT2D eigenvalue weighted by Gasteiger charge is 2.34. The number of sulfone groups is 1. The van der Waals surface area contributed by atoms with Crippen LogP contribution in [-0.2, 0) is 38.4 Å². The minimum atomic E-state index is -3.35. The Morgan fingerprint density at radius 3 is 2.31 bits per heavy atom. The van der Waals surface area contributed by atoms with E-state index in [9.17, 15) is 25.9 Å². The van der Waals surface area contributed by atoms with Crippen molar-refractivity contribution in [2.24, 2.45) is 5.92 Å². The van der Waals surface area contributed by atoms with Crippen molar-refractivity contribution in [3.05, 3.63) is 23.8 Å². The van der Waals surface area contributed by atoms with Crippen LogP contribution < -0.4 is 0 Å². The second kappa shape index (κ2) is 7.72. The number of hydrogen-bond acceptors (Lipinski definition) is 6. The van der Waals surface area contributed by atoms with Gasteiger partial charge in [-0.1, -0.05) is 6.07 Å². The maximum Gasteiger partial charge on any atom is 0.210 e. The number of thiazole rings is 1. The van der Waals surface area contributed by atoms with Crippen LogP contribution in [0.5, 0.6) is 0 Å². The Morgan fingerprint density at radius 1 is 1.15 bits per heavy atom. The van der Waals surface area contributed by atoms with E-state index in [1.54, 1.807) is 6.07 Å². The smallest absolute Gasteiger partial charge is 0.210 e. The first kappa shape index (κ1) is 20.0. The van der Waals surface area contributed by atoms with Crippen LogP contribution >= 0.6 is 11.3 Å². The van der Waals surface area contributed by atoms with Crippen LogP contribution in [0.4, 0.5) is 0 Å². The third-order valence-corrected chi connectivity index (χ3v) is 9.17. The van der Waals surface area contributed by atoms with Crippen LogP contribution in [0, 0.1) is 5.92 Å². The topological polar surface area (TPSA) is 122 Å².